The Morgan fingerprint density at radius 3 is 2.62 bits per heavy atom. The first kappa shape index (κ1) is 15.7. The number of hydrogen-bond acceptors (Lipinski definition) is 2. The smallest absolute Gasteiger partial charge is 0.193 e. The predicted molar refractivity (Wildman–Crippen MR) is 90.9 cm³/mol. The number of nitrogens with zero attached hydrogens (tertiary/aromatic N) is 3. The Morgan fingerprint density at radius 2 is 2.05 bits per heavy atom. The SMILES string of the molecule is CN=C(NCc1ccc(N(C)C)cc1)N1CCCC(C)C1. The molecule has 1 saturated heterocycles. The zero-order valence-electron chi connectivity index (χ0n) is 13.8. The molecule has 4 nitrogen and oxygen atoms in total. The van der Waals surface area contributed by atoms with Gasteiger partial charge in [0.25, 0.3) is 0 Å². The lowest BCUT2D eigenvalue weighted by molar-refractivity contribution is 0.266. The Kier molecular flexibility index (Phi) is 5.48. The first-order valence-electron chi connectivity index (χ1n) is 7.82. The van der Waals surface area contributed by atoms with Crippen LogP contribution in [0.5, 0.6) is 0 Å². The normalized spacial score (nSPS) is 19.5. The average Bonchev–Trinajstić information content (AvgIpc) is 2.48. The van der Waals surface area contributed by atoms with E-state index in [2.05, 4.69) is 65.4 Å². The lowest BCUT2D eigenvalue weighted by Gasteiger charge is -2.33. The molecule has 1 aromatic carbocycles. The molecule has 1 fully saturated rings. The number of rotatable bonds is 3. The molecule has 1 aromatic rings. The Bertz CT molecular complexity index is 464. The van der Waals surface area contributed by atoms with E-state index >= 15 is 0 Å². The molecule has 1 unspecified atom stereocenters. The zero-order valence-corrected chi connectivity index (χ0v) is 13.8. The number of benzene rings is 1. The highest BCUT2D eigenvalue weighted by Crippen LogP contribution is 2.16. The van der Waals surface area contributed by atoms with Gasteiger partial charge in [-0.05, 0) is 36.5 Å². The molecule has 2 rings (SSSR count). The largest absolute Gasteiger partial charge is 0.378 e. The Morgan fingerprint density at radius 1 is 1.33 bits per heavy atom. The van der Waals surface area contributed by atoms with Crippen LogP contribution in [0.4, 0.5) is 5.69 Å². The summed E-state index contributed by atoms with van der Waals surface area (Å²) in [5.41, 5.74) is 2.51. The summed E-state index contributed by atoms with van der Waals surface area (Å²) in [6, 6.07) is 8.66. The van der Waals surface area contributed by atoms with Gasteiger partial charge in [-0.15, -0.1) is 0 Å². The van der Waals surface area contributed by atoms with Crippen molar-refractivity contribution in [3.05, 3.63) is 29.8 Å². The number of piperidine rings is 1. The maximum absolute atomic E-state index is 4.43. The summed E-state index contributed by atoms with van der Waals surface area (Å²) in [6.07, 6.45) is 2.60. The molecule has 0 aliphatic carbocycles. The van der Waals surface area contributed by atoms with Crippen molar-refractivity contribution in [1.82, 2.24) is 10.2 Å². The minimum atomic E-state index is 0.761. The number of aliphatic imine (C=N–C) groups is 1. The van der Waals surface area contributed by atoms with Gasteiger partial charge in [-0.1, -0.05) is 19.1 Å². The fraction of sp³-hybridized carbons (Fsp3) is 0.588. The van der Waals surface area contributed by atoms with Crippen LogP contribution in [-0.4, -0.2) is 45.1 Å². The van der Waals surface area contributed by atoms with E-state index < -0.39 is 0 Å². The quantitative estimate of drug-likeness (QED) is 0.685. The molecule has 1 aliphatic heterocycles. The van der Waals surface area contributed by atoms with Crippen molar-refractivity contribution >= 4 is 11.6 Å². The van der Waals surface area contributed by atoms with E-state index in [-0.39, 0.29) is 0 Å². The second-order valence-corrected chi connectivity index (χ2v) is 6.16. The van der Waals surface area contributed by atoms with Crippen LogP contribution in [0.15, 0.2) is 29.3 Å². The van der Waals surface area contributed by atoms with E-state index in [1.165, 1.54) is 24.1 Å². The molecule has 1 atom stereocenters. The molecule has 1 N–H and O–H groups in total. The molecule has 0 aromatic heterocycles. The van der Waals surface area contributed by atoms with Crippen molar-refractivity contribution in [1.29, 1.82) is 0 Å². The molecule has 0 spiro atoms. The number of anilines is 1. The van der Waals surface area contributed by atoms with E-state index in [0.29, 0.717) is 0 Å². The van der Waals surface area contributed by atoms with Gasteiger partial charge in [0.05, 0.1) is 0 Å². The summed E-state index contributed by atoms with van der Waals surface area (Å²) in [6.45, 7) is 5.37. The van der Waals surface area contributed by atoms with Crippen LogP contribution >= 0.6 is 0 Å². The summed E-state index contributed by atoms with van der Waals surface area (Å²) in [5.74, 6) is 1.79. The first-order chi connectivity index (χ1) is 10.1. The van der Waals surface area contributed by atoms with Crippen LogP contribution in [0.3, 0.4) is 0 Å². The van der Waals surface area contributed by atoms with Crippen LogP contribution in [-0.2, 0) is 6.54 Å². The molecule has 0 amide bonds. The van der Waals surface area contributed by atoms with Gasteiger partial charge in [-0.2, -0.15) is 0 Å². The molecule has 21 heavy (non-hydrogen) atoms. The Balaban J connectivity index is 1.91. The number of guanidine groups is 1. The molecular weight excluding hydrogens is 260 g/mol. The van der Waals surface area contributed by atoms with Gasteiger partial charge < -0.3 is 15.1 Å². The average molecular weight is 288 g/mol. The highest BCUT2D eigenvalue weighted by Gasteiger charge is 2.18. The van der Waals surface area contributed by atoms with Crippen molar-refractivity contribution in [3.8, 4) is 0 Å². The van der Waals surface area contributed by atoms with Crippen LogP contribution in [0.2, 0.25) is 0 Å². The number of likely N-dealkylation sites (tertiary alicyclic amines) is 1. The van der Waals surface area contributed by atoms with Crippen LogP contribution in [0.25, 0.3) is 0 Å². The van der Waals surface area contributed by atoms with Gasteiger partial charge >= 0.3 is 0 Å². The first-order valence-corrected chi connectivity index (χ1v) is 7.82. The third kappa shape index (κ3) is 4.38. The van der Waals surface area contributed by atoms with Gasteiger partial charge in [0.15, 0.2) is 5.96 Å². The maximum atomic E-state index is 4.43. The van der Waals surface area contributed by atoms with Crippen LogP contribution < -0.4 is 10.2 Å². The van der Waals surface area contributed by atoms with E-state index in [1.807, 2.05) is 7.05 Å². The second kappa shape index (κ2) is 7.34. The van der Waals surface area contributed by atoms with Crippen LogP contribution in [0.1, 0.15) is 25.3 Å². The minimum absolute atomic E-state index is 0.761. The molecule has 0 bridgehead atoms. The van der Waals surface area contributed by atoms with Crippen molar-refractivity contribution in [2.24, 2.45) is 10.9 Å². The van der Waals surface area contributed by atoms with Gasteiger partial charge in [-0.3, -0.25) is 4.99 Å². The fourth-order valence-electron chi connectivity index (χ4n) is 2.81. The molecular formula is C17H28N4. The topological polar surface area (TPSA) is 30.9 Å². The van der Waals surface area contributed by atoms with Gasteiger partial charge in [-0.25, -0.2) is 0 Å². The lowest BCUT2D eigenvalue weighted by Crippen LogP contribution is -2.45. The van der Waals surface area contributed by atoms with Crippen molar-refractivity contribution < 1.29 is 0 Å². The Labute approximate surface area is 128 Å². The van der Waals surface area contributed by atoms with E-state index in [1.54, 1.807) is 0 Å². The molecule has 1 aliphatic rings. The fourth-order valence-corrected chi connectivity index (χ4v) is 2.81. The van der Waals surface area contributed by atoms with Crippen LogP contribution in [0, 0.1) is 5.92 Å². The van der Waals surface area contributed by atoms with E-state index in [4.69, 9.17) is 0 Å². The van der Waals surface area contributed by atoms with Gasteiger partial charge in [0.1, 0.15) is 0 Å². The third-order valence-corrected chi connectivity index (χ3v) is 4.07. The Hall–Kier alpha value is -1.71. The molecule has 4 heteroatoms. The summed E-state index contributed by atoms with van der Waals surface area (Å²) in [7, 11) is 6.00. The van der Waals surface area contributed by atoms with Crippen molar-refractivity contribution in [2.45, 2.75) is 26.3 Å². The summed E-state index contributed by atoms with van der Waals surface area (Å²) >= 11 is 0. The molecule has 0 saturated carbocycles. The third-order valence-electron chi connectivity index (χ3n) is 4.07. The standard InChI is InChI=1S/C17H28N4/c1-14-6-5-11-21(13-14)17(18-2)19-12-15-7-9-16(10-8-15)20(3)4/h7-10,14H,5-6,11-13H2,1-4H3,(H,18,19). The minimum Gasteiger partial charge on any atom is -0.378 e. The number of nitrogens with one attached hydrogen (secondary N) is 1. The predicted octanol–water partition coefficient (Wildman–Crippen LogP) is 2.56. The maximum Gasteiger partial charge on any atom is 0.193 e. The van der Waals surface area contributed by atoms with Gasteiger partial charge in [0, 0.05) is 46.5 Å². The summed E-state index contributed by atoms with van der Waals surface area (Å²) in [4.78, 5) is 8.92. The van der Waals surface area contributed by atoms with Crippen molar-refractivity contribution in [2.75, 3.05) is 39.1 Å². The van der Waals surface area contributed by atoms with E-state index in [9.17, 15) is 0 Å². The second-order valence-electron chi connectivity index (χ2n) is 6.16. The highest BCUT2D eigenvalue weighted by atomic mass is 15.3. The molecule has 1 heterocycles. The van der Waals surface area contributed by atoms with Crippen molar-refractivity contribution in [3.63, 3.8) is 0 Å². The molecule has 116 valence electrons. The highest BCUT2D eigenvalue weighted by molar-refractivity contribution is 5.80. The van der Waals surface area contributed by atoms with Gasteiger partial charge in [0.2, 0.25) is 0 Å². The number of hydrogen-bond donors (Lipinski definition) is 1. The summed E-state index contributed by atoms with van der Waals surface area (Å²) in [5, 5.41) is 3.49. The molecule has 0 radical (unpaired) electrons. The monoisotopic (exact) mass is 288 g/mol. The summed E-state index contributed by atoms with van der Waals surface area (Å²) < 4.78 is 0. The van der Waals surface area contributed by atoms with E-state index in [0.717, 1.165) is 31.5 Å². The lowest BCUT2D eigenvalue weighted by atomic mass is 10.0. The zero-order chi connectivity index (χ0) is 15.2.